The molecule has 2 aliphatic heterocycles. The van der Waals surface area contributed by atoms with E-state index in [1.54, 1.807) is 0 Å². The molecular formula is C16H16O6. The predicted molar refractivity (Wildman–Crippen MR) is 77.2 cm³/mol. The first-order chi connectivity index (χ1) is 10.3. The van der Waals surface area contributed by atoms with Gasteiger partial charge in [-0.25, -0.2) is 19.2 Å². The highest BCUT2D eigenvalue weighted by Gasteiger charge is 2.37. The zero-order valence-corrected chi connectivity index (χ0v) is 12.9. The van der Waals surface area contributed by atoms with Crippen LogP contribution >= 0.6 is 0 Å². The first kappa shape index (κ1) is 17.3. The molecule has 2 aliphatic rings. The van der Waals surface area contributed by atoms with Gasteiger partial charge in [-0.05, 0) is 13.8 Å². The molecule has 22 heavy (non-hydrogen) atoms. The minimum Gasteiger partial charge on any atom is -0.386 e. The molecule has 2 rings (SSSR count). The maximum absolute atomic E-state index is 11.6. The molecule has 0 unspecified atom stereocenters. The van der Waals surface area contributed by atoms with Gasteiger partial charge in [0.1, 0.15) is 0 Å². The normalized spacial score (nSPS) is 18.9. The molecule has 0 saturated carbocycles. The Labute approximate surface area is 127 Å². The van der Waals surface area contributed by atoms with E-state index in [-0.39, 0.29) is 33.4 Å². The summed E-state index contributed by atoms with van der Waals surface area (Å²) in [7, 11) is 0. The molecule has 0 aliphatic carbocycles. The average molecular weight is 304 g/mol. The van der Waals surface area contributed by atoms with Gasteiger partial charge >= 0.3 is 23.9 Å². The van der Waals surface area contributed by atoms with E-state index in [2.05, 4.69) is 22.6 Å². The van der Waals surface area contributed by atoms with Crippen LogP contribution in [0.5, 0.6) is 0 Å². The maximum Gasteiger partial charge on any atom is 0.346 e. The lowest BCUT2D eigenvalue weighted by Gasteiger charge is -2.24. The summed E-state index contributed by atoms with van der Waals surface area (Å²) in [5.41, 5.74) is 0.123. The Morgan fingerprint density at radius 3 is 1.18 bits per heavy atom. The standard InChI is InChI=1S/C14H10O6.C2H6/c1-5-9(6(2)12(16)19-11(5)15)10-7(3)13(17)20-14(18)8(10)4;1-2/h1,3H2,2,4H3;1-2H3. The largest absolute Gasteiger partial charge is 0.386 e. The molecule has 0 spiro atoms. The van der Waals surface area contributed by atoms with E-state index in [9.17, 15) is 19.2 Å². The minimum atomic E-state index is -0.921. The number of esters is 4. The summed E-state index contributed by atoms with van der Waals surface area (Å²) in [5.74, 6) is -3.54. The summed E-state index contributed by atoms with van der Waals surface area (Å²) < 4.78 is 8.93. The van der Waals surface area contributed by atoms with Crippen LogP contribution < -0.4 is 0 Å². The quantitative estimate of drug-likeness (QED) is 0.418. The molecule has 6 heteroatoms. The fourth-order valence-corrected chi connectivity index (χ4v) is 1.98. The Bertz CT molecular complexity index is 627. The van der Waals surface area contributed by atoms with Gasteiger partial charge in [0.15, 0.2) is 0 Å². The molecule has 0 bridgehead atoms. The second kappa shape index (κ2) is 6.34. The average Bonchev–Trinajstić information content (AvgIpc) is 2.49. The van der Waals surface area contributed by atoms with Gasteiger partial charge in [0, 0.05) is 22.3 Å². The first-order valence-electron chi connectivity index (χ1n) is 6.59. The lowest BCUT2D eigenvalue weighted by atomic mass is 9.84. The Kier molecular flexibility index (Phi) is 4.98. The molecule has 0 saturated heterocycles. The van der Waals surface area contributed by atoms with Crippen LogP contribution in [-0.2, 0) is 28.7 Å². The third-order valence-corrected chi connectivity index (χ3v) is 3.08. The van der Waals surface area contributed by atoms with Crippen LogP contribution in [0.15, 0.2) is 46.6 Å². The highest BCUT2D eigenvalue weighted by molar-refractivity contribution is 6.16. The molecule has 0 aromatic rings. The van der Waals surface area contributed by atoms with Gasteiger partial charge in [-0.3, -0.25) is 0 Å². The van der Waals surface area contributed by atoms with Crippen molar-refractivity contribution in [2.24, 2.45) is 0 Å². The zero-order valence-electron chi connectivity index (χ0n) is 12.9. The van der Waals surface area contributed by atoms with Crippen molar-refractivity contribution in [2.45, 2.75) is 27.7 Å². The number of ether oxygens (including phenoxy) is 2. The van der Waals surface area contributed by atoms with Crippen LogP contribution in [0.3, 0.4) is 0 Å². The predicted octanol–water partition coefficient (Wildman–Crippen LogP) is 1.92. The van der Waals surface area contributed by atoms with Crippen molar-refractivity contribution in [3.05, 3.63) is 46.6 Å². The van der Waals surface area contributed by atoms with Crippen molar-refractivity contribution in [1.29, 1.82) is 0 Å². The molecule has 0 aromatic heterocycles. The van der Waals surface area contributed by atoms with Crippen molar-refractivity contribution in [3.8, 4) is 0 Å². The van der Waals surface area contributed by atoms with Crippen molar-refractivity contribution in [3.63, 3.8) is 0 Å². The van der Waals surface area contributed by atoms with Gasteiger partial charge in [0.25, 0.3) is 0 Å². The van der Waals surface area contributed by atoms with Gasteiger partial charge < -0.3 is 9.47 Å². The first-order valence-corrected chi connectivity index (χ1v) is 6.59. The summed E-state index contributed by atoms with van der Waals surface area (Å²) in [6.45, 7) is 13.9. The van der Waals surface area contributed by atoms with E-state index >= 15 is 0 Å². The van der Waals surface area contributed by atoms with Crippen LogP contribution in [0, 0.1) is 0 Å². The van der Waals surface area contributed by atoms with Crippen LogP contribution in [0.4, 0.5) is 0 Å². The Morgan fingerprint density at radius 1 is 0.636 bits per heavy atom. The third kappa shape index (κ3) is 2.67. The third-order valence-electron chi connectivity index (χ3n) is 3.08. The Morgan fingerprint density at radius 2 is 0.909 bits per heavy atom. The van der Waals surface area contributed by atoms with Crippen molar-refractivity contribution in [2.75, 3.05) is 0 Å². The van der Waals surface area contributed by atoms with Crippen molar-refractivity contribution < 1.29 is 28.7 Å². The van der Waals surface area contributed by atoms with E-state index < -0.39 is 23.9 Å². The number of carbonyl (C=O) groups excluding carboxylic acids is 4. The second-order valence-corrected chi connectivity index (χ2v) is 4.31. The molecule has 0 N–H and O–H groups in total. The molecular weight excluding hydrogens is 288 g/mol. The van der Waals surface area contributed by atoms with Crippen LogP contribution in [0.25, 0.3) is 0 Å². The van der Waals surface area contributed by atoms with Crippen molar-refractivity contribution >= 4 is 23.9 Å². The van der Waals surface area contributed by atoms with E-state index in [1.165, 1.54) is 13.8 Å². The highest BCUT2D eigenvalue weighted by Crippen LogP contribution is 2.36. The summed E-state index contributed by atoms with van der Waals surface area (Å²) in [6, 6.07) is 0. The Balaban J connectivity index is 0.00000116. The second-order valence-electron chi connectivity index (χ2n) is 4.31. The van der Waals surface area contributed by atoms with Crippen molar-refractivity contribution in [1.82, 2.24) is 0 Å². The van der Waals surface area contributed by atoms with Gasteiger partial charge in [0.2, 0.25) is 0 Å². The molecule has 2 heterocycles. The Hall–Kier alpha value is -2.76. The lowest BCUT2D eigenvalue weighted by Crippen LogP contribution is -2.29. The van der Waals surface area contributed by atoms with Gasteiger partial charge in [0.05, 0.1) is 11.1 Å². The summed E-state index contributed by atoms with van der Waals surface area (Å²) in [4.78, 5) is 46.3. The fraction of sp³-hybridized carbons (Fsp3) is 0.250. The van der Waals surface area contributed by atoms with Crippen LogP contribution in [0.1, 0.15) is 27.7 Å². The van der Waals surface area contributed by atoms with Gasteiger partial charge in [-0.15, -0.1) is 0 Å². The number of hydrogen-bond donors (Lipinski definition) is 0. The summed E-state index contributed by atoms with van der Waals surface area (Å²) >= 11 is 0. The monoisotopic (exact) mass is 304 g/mol. The fourth-order valence-electron chi connectivity index (χ4n) is 1.98. The number of hydrogen-bond acceptors (Lipinski definition) is 6. The number of carbonyl (C=O) groups is 4. The topological polar surface area (TPSA) is 86.7 Å². The molecule has 0 radical (unpaired) electrons. The van der Waals surface area contributed by atoms with Gasteiger partial charge in [-0.2, -0.15) is 0 Å². The lowest BCUT2D eigenvalue weighted by molar-refractivity contribution is -0.157. The minimum absolute atomic E-state index is 0.0765. The molecule has 116 valence electrons. The zero-order chi connectivity index (χ0) is 17.2. The maximum atomic E-state index is 11.6. The molecule has 0 atom stereocenters. The van der Waals surface area contributed by atoms with E-state index in [1.807, 2.05) is 13.8 Å². The summed E-state index contributed by atoms with van der Waals surface area (Å²) in [6.07, 6.45) is 0. The van der Waals surface area contributed by atoms with Crippen LogP contribution in [-0.4, -0.2) is 23.9 Å². The molecule has 6 nitrogen and oxygen atoms in total. The smallest absolute Gasteiger partial charge is 0.346 e. The molecule has 0 fully saturated rings. The van der Waals surface area contributed by atoms with E-state index in [0.29, 0.717) is 0 Å². The van der Waals surface area contributed by atoms with Gasteiger partial charge in [-0.1, -0.05) is 27.0 Å². The summed E-state index contributed by atoms with van der Waals surface area (Å²) in [5, 5.41) is 0. The number of rotatable bonds is 1. The van der Waals surface area contributed by atoms with E-state index in [0.717, 1.165) is 0 Å². The highest BCUT2D eigenvalue weighted by atomic mass is 16.6. The van der Waals surface area contributed by atoms with Crippen LogP contribution in [0.2, 0.25) is 0 Å². The van der Waals surface area contributed by atoms with E-state index in [4.69, 9.17) is 0 Å². The molecule has 0 aromatic carbocycles. The number of cyclic esters (lactones) is 4. The molecule has 0 amide bonds. The SMILES string of the molecule is C=C1C(=O)OC(=O)C(C)=C1C1=C(C)C(=O)OC(=O)C1=C.CC.